The van der Waals surface area contributed by atoms with Gasteiger partial charge in [-0.3, -0.25) is 4.79 Å². The number of hydrogen-bond acceptors (Lipinski definition) is 4. The number of nitrogens with one attached hydrogen (secondary N) is 2. The second-order valence-electron chi connectivity index (χ2n) is 5.65. The van der Waals surface area contributed by atoms with Crippen molar-refractivity contribution in [2.75, 3.05) is 48.4 Å². The molecule has 1 aliphatic rings. The number of carbonyl (C=O) groups is 1. The second kappa shape index (κ2) is 8.18. The van der Waals surface area contributed by atoms with Crippen molar-refractivity contribution >= 4 is 34.6 Å². The van der Waals surface area contributed by atoms with Gasteiger partial charge in [0, 0.05) is 18.8 Å². The molecule has 2 aromatic rings. The predicted octanol–water partition coefficient (Wildman–Crippen LogP) is 3.37. The maximum absolute atomic E-state index is 13.2. The first-order chi connectivity index (χ1) is 12.1. The normalized spacial score (nSPS) is 14.2. The molecule has 2 aromatic carbocycles. The van der Waals surface area contributed by atoms with E-state index in [1.807, 2.05) is 18.2 Å². The Labute approximate surface area is 150 Å². The molecule has 0 aliphatic carbocycles. The number of benzene rings is 2. The first-order valence-electron chi connectivity index (χ1n) is 8.04. The molecule has 0 spiro atoms. The summed E-state index contributed by atoms with van der Waals surface area (Å²) >= 11 is 6.36. The molecule has 1 aliphatic heterocycles. The maximum atomic E-state index is 13.2. The summed E-state index contributed by atoms with van der Waals surface area (Å²) in [5.41, 5.74) is 2.07. The molecular weight excluding hydrogens is 345 g/mol. The summed E-state index contributed by atoms with van der Waals surface area (Å²) in [6.45, 7) is 2.82. The van der Waals surface area contributed by atoms with Crippen LogP contribution < -0.4 is 15.5 Å². The second-order valence-corrected chi connectivity index (χ2v) is 6.05. The van der Waals surface area contributed by atoms with Gasteiger partial charge in [0.25, 0.3) is 0 Å². The van der Waals surface area contributed by atoms with Crippen LogP contribution in [0.5, 0.6) is 0 Å². The lowest BCUT2D eigenvalue weighted by atomic mass is 10.2. The van der Waals surface area contributed by atoms with Gasteiger partial charge in [-0.2, -0.15) is 0 Å². The fraction of sp³-hybridized carbons (Fsp3) is 0.278. The first kappa shape index (κ1) is 17.5. The number of ether oxygens (including phenoxy) is 1. The number of para-hydroxylation sites is 1. The summed E-state index contributed by atoms with van der Waals surface area (Å²) in [5.74, 6) is -0.659. The zero-order valence-electron chi connectivity index (χ0n) is 13.6. The standard InChI is InChI=1S/C18H19ClFN3O2/c19-15-5-2-6-16(18(15)23-7-9-25-10-8-23)21-12-17(24)22-14-4-1-3-13(20)11-14/h1-6,11,21H,7-10,12H2,(H,22,24). The lowest BCUT2D eigenvalue weighted by Crippen LogP contribution is -2.37. The molecule has 1 saturated heterocycles. The molecular formula is C18H19ClFN3O2. The minimum absolute atomic E-state index is 0.0498. The SMILES string of the molecule is O=C(CNc1cccc(Cl)c1N1CCOCC1)Nc1cccc(F)c1. The van der Waals surface area contributed by atoms with Gasteiger partial charge in [0.1, 0.15) is 5.82 Å². The van der Waals surface area contributed by atoms with Gasteiger partial charge in [-0.25, -0.2) is 4.39 Å². The smallest absolute Gasteiger partial charge is 0.243 e. The molecule has 0 bridgehead atoms. The van der Waals surface area contributed by atoms with E-state index in [2.05, 4.69) is 15.5 Å². The largest absolute Gasteiger partial charge is 0.378 e. The summed E-state index contributed by atoms with van der Waals surface area (Å²) < 4.78 is 18.5. The Morgan fingerprint density at radius 2 is 1.96 bits per heavy atom. The third kappa shape index (κ3) is 4.61. The van der Waals surface area contributed by atoms with E-state index < -0.39 is 5.82 Å². The average Bonchev–Trinajstić information content (AvgIpc) is 2.61. The van der Waals surface area contributed by atoms with E-state index in [-0.39, 0.29) is 12.5 Å². The lowest BCUT2D eigenvalue weighted by Gasteiger charge is -2.31. The van der Waals surface area contributed by atoms with E-state index >= 15 is 0 Å². The number of hydrogen-bond donors (Lipinski definition) is 2. The minimum Gasteiger partial charge on any atom is -0.378 e. The van der Waals surface area contributed by atoms with Crippen molar-refractivity contribution in [2.24, 2.45) is 0 Å². The summed E-state index contributed by atoms with van der Waals surface area (Å²) in [6, 6.07) is 11.3. The topological polar surface area (TPSA) is 53.6 Å². The van der Waals surface area contributed by atoms with Gasteiger partial charge in [0.05, 0.1) is 36.2 Å². The number of amides is 1. The molecule has 2 N–H and O–H groups in total. The number of morpholine rings is 1. The van der Waals surface area contributed by atoms with Gasteiger partial charge < -0.3 is 20.3 Å². The van der Waals surface area contributed by atoms with Gasteiger partial charge in [-0.05, 0) is 30.3 Å². The molecule has 0 aromatic heterocycles. The van der Waals surface area contributed by atoms with E-state index in [1.54, 1.807) is 12.1 Å². The maximum Gasteiger partial charge on any atom is 0.243 e. The number of rotatable bonds is 5. The van der Waals surface area contributed by atoms with Crippen LogP contribution in [0.4, 0.5) is 21.5 Å². The third-order valence-corrected chi connectivity index (χ3v) is 4.17. The summed E-state index contributed by atoms with van der Waals surface area (Å²) in [7, 11) is 0. The van der Waals surface area contributed by atoms with Crippen molar-refractivity contribution < 1.29 is 13.9 Å². The Kier molecular flexibility index (Phi) is 5.73. The van der Waals surface area contributed by atoms with Gasteiger partial charge >= 0.3 is 0 Å². The highest BCUT2D eigenvalue weighted by Gasteiger charge is 2.18. The number of anilines is 3. The van der Waals surface area contributed by atoms with E-state index in [0.717, 1.165) is 24.5 Å². The molecule has 132 valence electrons. The van der Waals surface area contributed by atoms with Crippen LogP contribution in [0.3, 0.4) is 0 Å². The highest BCUT2D eigenvalue weighted by molar-refractivity contribution is 6.34. The Morgan fingerprint density at radius 3 is 2.72 bits per heavy atom. The quantitative estimate of drug-likeness (QED) is 0.855. The lowest BCUT2D eigenvalue weighted by molar-refractivity contribution is -0.114. The van der Waals surface area contributed by atoms with Crippen molar-refractivity contribution in [3.8, 4) is 0 Å². The molecule has 0 unspecified atom stereocenters. The van der Waals surface area contributed by atoms with Gasteiger partial charge in [0.2, 0.25) is 5.91 Å². The average molecular weight is 364 g/mol. The molecule has 1 heterocycles. The fourth-order valence-electron chi connectivity index (χ4n) is 2.71. The van der Waals surface area contributed by atoms with Crippen LogP contribution in [0, 0.1) is 5.82 Å². The van der Waals surface area contributed by atoms with Gasteiger partial charge in [-0.15, -0.1) is 0 Å². The van der Waals surface area contributed by atoms with Crippen LogP contribution in [0.15, 0.2) is 42.5 Å². The zero-order chi connectivity index (χ0) is 17.6. The van der Waals surface area contributed by atoms with Crippen molar-refractivity contribution in [1.29, 1.82) is 0 Å². The number of carbonyl (C=O) groups excluding carboxylic acids is 1. The van der Waals surface area contributed by atoms with Crippen LogP contribution >= 0.6 is 11.6 Å². The van der Waals surface area contributed by atoms with Crippen LogP contribution in [0.2, 0.25) is 5.02 Å². The van der Waals surface area contributed by atoms with E-state index in [4.69, 9.17) is 16.3 Å². The molecule has 7 heteroatoms. The summed E-state index contributed by atoms with van der Waals surface area (Å²) in [5, 5.41) is 6.39. The molecule has 0 radical (unpaired) electrons. The highest BCUT2D eigenvalue weighted by Crippen LogP contribution is 2.34. The molecule has 3 rings (SSSR count). The monoisotopic (exact) mass is 363 g/mol. The molecule has 1 fully saturated rings. The van der Waals surface area contributed by atoms with Crippen molar-refractivity contribution in [2.45, 2.75) is 0 Å². The van der Waals surface area contributed by atoms with E-state index in [9.17, 15) is 9.18 Å². The fourth-order valence-corrected chi connectivity index (χ4v) is 3.01. The zero-order valence-corrected chi connectivity index (χ0v) is 14.4. The predicted molar refractivity (Wildman–Crippen MR) is 98.0 cm³/mol. The summed E-state index contributed by atoms with van der Waals surface area (Å²) in [4.78, 5) is 14.2. The summed E-state index contributed by atoms with van der Waals surface area (Å²) in [6.07, 6.45) is 0. The van der Waals surface area contributed by atoms with Gasteiger partial charge in [-0.1, -0.05) is 23.7 Å². The van der Waals surface area contributed by atoms with Crippen LogP contribution in [0.25, 0.3) is 0 Å². The van der Waals surface area contributed by atoms with Crippen molar-refractivity contribution in [3.05, 3.63) is 53.3 Å². The number of nitrogens with zero attached hydrogens (tertiary/aromatic N) is 1. The van der Waals surface area contributed by atoms with Gasteiger partial charge in [0.15, 0.2) is 0 Å². The molecule has 0 saturated carbocycles. The minimum atomic E-state index is -0.393. The van der Waals surface area contributed by atoms with E-state index in [0.29, 0.717) is 23.9 Å². The molecule has 5 nitrogen and oxygen atoms in total. The van der Waals surface area contributed by atoms with Crippen LogP contribution in [-0.2, 0) is 9.53 Å². The highest BCUT2D eigenvalue weighted by atomic mass is 35.5. The van der Waals surface area contributed by atoms with Crippen molar-refractivity contribution in [1.82, 2.24) is 0 Å². The first-order valence-corrected chi connectivity index (χ1v) is 8.42. The number of halogens is 2. The Bertz CT molecular complexity index is 751. The molecule has 1 amide bonds. The Morgan fingerprint density at radius 1 is 1.20 bits per heavy atom. The van der Waals surface area contributed by atoms with E-state index in [1.165, 1.54) is 12.1 Å². The molecule has 0 atom stereocenters. The van der Waals surface area contributed by atoms with Crippen molar-refractivity contribution in [3.63, 3.8) is 0 Å². The Balaban J connectivity index is 1.66. The Hall–Kier alpha value is -2.31. The third-order valence-electron chi connectivity index (χ3n) is 3.86. The van der Waals surface area contributed by atoms with Crippen LogP contribution in [0.1, 0.15) is 0 Å². The van der Waals surface area contributed by atoms with Crippen LogP contribution in [-0.4, -0.2) is 38.8 Å². The molecule has 25 heavy (non-hydrogen) atoms.